The summed E-state index contributed by atoms with van der Waals surface area (Å²) >= 11 is 0. The number of H-pyrrole nitrogens is 1. The van der Waals surface area contributed by atoms with Crippen LogP contribution >= 0.6 is 0 Å². The lowest BCUT2D eigenvalue weighted by atomic mass is 9.93. The van der Waals surface area contributed by atoms with Crippen LogP contribution in [0.4, 0.5) is 5.82 Å². The van der Waals surface area contributed by atoms with Crippen LogP contribution in [0.25, 0.3) is 11.0 Å². The second-order valence-electron chi connectivity index (χ2n) is 14.4. The molecule has 0 atom stereocenters. The lowest BCUT2D eigenvalue weighted by Gasteiger charge is -2.32. The number of pyridine rings is 1. The van der Waals surface area contributed by atoms with Gasteiger partial charge in [-0.1, -0.05) is 61.9 Å². The van der Waals surface area contributed by atoms with Crippen molar-refractivity contribution in [3.63, 3.8) is 0 Å². The van der Waals surface area contributed by atoms with Crippen molar-refractivity contribution in [3.05, 3.63) is 112 Å². The largest absolute Gasteiger partial charge is 0.508 e. The molecule has 2 aromatic heterocycles. The lowest BCUT2D eigenvalue weighted by Crippen LogP contribution is -2.34. The number of aryl methyl sites for hydroxylation is 2. The van der Waals surface area contributed by atoms with E-state index >= 15 is 0 Å². The first-order valence-corrected chi connectivity index (χ1v) is 19.4. The fourth-order valence-corrected chi connectivity index (χ4v) is 6.67. The van der Waals surface area contributed by atoms with Gasteiger partial charge in [-0.15, -0.1) is 0 Å². The van der Waals surface area contributed by atoms with E-state index in [0.717, 1.165) is 75.0 Å². The van der Waals surface area contributed by atoms with E-state index in [0.29, 0.717) is 55.2 Å². The Morgan fingerprint density at radius 2 is 1.45 bits per heavy atom. The Morgan fingerprint density at radius 1 is 0.875 bits per heavy atom. The average Bonchev–Trinajstić information content (AvgIpc) is 3.50. The second kappa shape index (κ2) is 20.7. The maximum Gasteiger partial charge on any atom is 0.326 e. The summed E-state index contributed by atoms with van der Waals surface area (Å²) in [5.41, 5.74) is 11.4. The van der Waals surface area contributed by atoms with E-state index in [1.807, 2.05) is 12.1 Å². The van der Waals surface area contributed by atoms with E-state index in [4.69, 9.17) is 20.7 Å². The van der Waals surface area contributed by atoms with Gasteiger partial charge in [-0.05, 0) is 104 Å². The number of carboxylic acid groups (broad SMARTS) is 1. The third kappa shape index (κ3) is 12.9. The summed E-state index contributed by atoms with van der Waals surface area (Å²) in [5.74, 6) is 1.04. The minimum absolute atomic E-state index is 0.0795. The molecule has 13 heteroatoms. The first kappa shape index (κ1) is 41.3. The predicted octanol–water partition coefficient (Wildman–Crippen LogP) is 6.00. The van der Waals surface area contributed by atoms with Crippen molar-refractivity contribution in [2.45, 2.75) is 77.8 Å². The average molecular weight is 767 g/mol. The van der Waals surface area contributed by atoms with E-state index in [9.17, 15) is 19.5 Å². The minimum atomic E-state index is -0.803. The van der Waals surface area contributed by atoms with Crippen LogP contribution in [0, 0.1) is 5.92 Å². The summed E-state index contributed by atoms with van der Waals surface area (Å²) < 4.78 is 7.43. The van der Waals surface area contributed by atoms with Crippen LogP contribution in [0.2, 0.25) is 0 Å². The number of nitrogens with one attached hydrogen (secondary N) is 2. The number of anilines is 1. The highest BCUT2D eigenvalue weighted by molar-refractivity contribution is 5.85. The summed E-state index contributed by atoms with van der Waals surface area (Å²) in [7, 11) is 0. The number of hydrogen-bond donors (Lipinski definition) is 6. The van der Waals surface area contributed by atoms with Crippen LogP contribution in [0.15, 0.2) is 83.7 Å². The molecule has 0 spiro atoms. The van der Waals surface area contributed by atoms with Crippen LogP contribution in [0.5, 0.6) is 17.4 Å². The number of benzene rings is 3. The molecule has 6 rings (SSSR count). The Balaban J connectivity index is 0.000000427. The second-order valence-corrected chi connectivity index (χ2v) is 14.4. The quantitative estimate of drug-likeness (QED) is 0.0611. The number of carboxylic acids is 1. The number of piperidine rings is 1. The van der Waals surface area contributed by atoms with Crippen molar-refractivity contribution in [2.75, 3.05) is 32.0 Å². The number of phenolic OH excluding ortho intramolecular Hbond substituents is 2. The van der Waals surface area contributed by atoms with Gasteiger partial charge in [0.1, 0.15) is 17.0 Å². The molecule has 3 heterocycles. The number of ether oxygens (including phenoxy) is 1. The number of rotatable bonds is 17. The molecule has 1 aliphatic rings. The van der Waals surface area contributed by atoms with Gasteiger partial charge in [-0.25, -0.2) is 4.79 Å². The van der Waals surface area contributed by atoms with Gasteiger partial charge in [0.15, 0.2) is 5.82 Å². The first-order chi connectivity index (χ1) is 27.1. The molecule has 0 unspecified atom stereocenters. The van der Waals surface area contributed by atoms with Crippen LogP contribution in [0.3, 0.4) is 0 Å². The van der Waals surface area contributed by atoms with Crippen molar-refractivity contribution in [1.82, 2.24) is 24.8 Å². The van der Waals surface area contributed by atoms with Gasteiger partial charge in [-0.3, -0.25) is 19.1 Å². The van der Waals surface area contributed by atoms with Gasteiger partial charge in [0.05, 0.1) is 18.7 Å². The summed E-state index contributed by atoms with van der Waals surface area (Å²) in [6.07, 6.45) is 6.99. The molecule has 56 heavy (non-hydrogen) atoms. The van der Waals surface area contributed by atoms with Gasteiger partial charge in [0.2, 0.25) is 11.8 Å². The van der Waals surface area contributed by atoms with Crippen molar-refractivity contribution in [2.24, 2.45) is 5.92 Å². The monoisotopic (exact) mass is 766 g/mol. The fraction of sp³-hybridized carbons (Fsp3) is 0.395. The smallest absolute Gasteiger partial charge is 0.326 e. The number of aliphatic carboxylic acids is 1. The Labute approximate surface area is 327 Å². The zero-order valence-corrected chi connectivity index (χ0v) is 32.1. The van der Waals surface area contributed by atoms with Crippen LogP contribution in [0.1, 0.15) is 74.1 Å². The minimum Gasteiger partial charge on any atom is -0.508 e. The summed E-state index contributed by atoms with van der Waals surface area (Å²) in [6, 6.07) is 23.8. The number of aromatic amines is 1. The highest BCUT2D eigenvalue weighted by atomic mass is 16.5. The lowest BCUT2D eigenvalue weighted by molar-refractivity contribution is -0.137. The number of aromatic nitrogens is 3. The molecule has 7 N–H and O–H groups in total. The molecule has 1 aliphatic heterocycles. The number of unbranched alkanes of at least 4 members (excludes halogenated alkanes) is 1. The van der Waals surface area contributed by atoms with Crippen LogP contribution < -0.4 is 21.5 Å². The van der Waals surface area contributed by atoms with Crippen molar-refractivity contribution in [1.29, 1.82) is 0 Å². The number of nitrogens with zero attached hydrogens (tertiary/aromatic N) is 3. The van der Waals surface area contributed by atoms with Crippen LogP contribution in [-0.2, 0) is 35.5 Å². The highest BCUT2D eigenvalue weighted by Crippen LogP contribution is 2.24. The Morgan fingerprint density at radius 3 is 2.04 bits per heavy atom. The molecule has 3 aromatic carbocycles. The molecular weight excluding hydrogens is 713 g/mol. The van der Waals surface area contributed by atoms with E-state index in [2.05, 4.69) is 51.4 Å². The molecule has 0 aliphatic carbocycles. The van der Waals surface area contributed by atoms with E-state index in [1.165, 1.54) is 5.56 Å². The zero-order chi connectivity index (χ0) is 39.9. The number of nitrogens with two attached hydrogens (primary N) is 1. The molecule has 13 nitrogen and oxygen atoms in total. The number of likely N-dealkylation sites (tertiary alicyclic amines) is 1. The number of phenols is 2. The normalized spacial score (nSPS) is 13.2. The molecule has 298 valence electrons. The topological polar surface area (TPSA) is 196 Å². The van der Waals surface area contributed by atoms with Gasteiger partial charge >= 0.3 is 11.7 Å². The molecule has 0 bridgehead atoms. The van der Waals surface area contributed by atoms with E-state index in [1.54, 1.807) is 47.0 Å². The van der Waals surface area contributed by atoms with E-state index < -0.39 is 5.97 Å². The molecule has 5 aromatic rings. The van der Waals surface area contributed by atoms with Crippen molar-refractivity contribution in [3.8, 4) is 17.4 Å². The van der Waals surface area contributed by atoms with Gasteiger partial charge in [0.25, 0.3) is 0 Å². The summed E-state index contributed by atoms with van der Waals surface area (Å²) in [5, 5.41) is 29.8. The summed E-state index contributed by atoms with van der Waals surface area (Å²) in [4.78, 5) is 44.8. The Bertz CT molecular complexity index is 2050. The molecule has 0 radical (unpaired) electrons. The number of carbonyl (C=O) groups excluding carboxylic acids is 1. The van der Waals surface area contributed by atoms with Crippen molar-refractivity contribution < 1.29 is 29.6 Å². The molecule has 1 amide bonds. The number of amides is 1. The maximum absolute atomic E-state index is 12.8. The number of fused-ring (bicyclic) bond motifs is 1. The summed E-state index contributed by atoms with van der Waals surface area (Å²) in [6.45, 7) is 6.79. The molecular formula is C43H54N6O7. The van der Waals surface area contributed by atoms with Gasteiger partial charge in [-0.2, -0.15) is 4.98 Å². The fourth-order valence-electron chi connectivity index (χ4n) is 6.67. The van der Waals surface area contributed by atoms with Gasteiger partial charge in [0, 0.05) is 32.0 Å². The van der Waals surface area contributed by atoms with Gasteiger partial charge < -0.3 is 36.1 Å². The van der Waals surface area contributed by atoms with Crippen molar-refractivity contribution >= 4 is 28.7 Å². The maximum atomic E-state index is 12.8. The third-order valence-electron chi connectivity index (χ3n) is 10.0. The predicted molar refractivity (Wildman–Crippen MR) is 217 cm³/mol. The molecule has 1 fully saturated rings. The number of aromatic hydroxyl groups is 2. The number of nitrogen functional groups attached to an aromatic ring is 1. The Hall–Kier alpha value is -5.82. The number of hydrogen-bond acceptors (Lipinski definition) is 9. The molecule has 0 saturated carbocycles. The third-order valence-corrected chi connectivity index (χ3v) is 10.0. The SMILES string of the molecule is CCCCOc1cc2c([nH]c(=O)n2Cc2ccc(CN3CCC(CCNC(=O)CCc4ccc(O)cc4)CC3)cc2)c(N)n1.O=C(O)CCc1ccc(O)cc1. The van der Waals surface area contributed by atoms with E-state index in [-0.39, 0.29) is 35.3 Å². The standard InChI is InChI=1S/C34H44N6O4.C9H10O3/c1-2-3-20-44-31-21-29-32(33(35)37-31)38-34(43)40(29)23-27-6-4-26(5-7-27)22-39-18-15-25(16-19-39)14-17-36-30(42)13-10-24-8-11-28(41)12-9-24;10-8-4-1-7(2-5-8)3-6-9(11)12/h4-9,11-12,21,25,41H,2-3,10,13-20,22-23H2,1H3,(H2,35,37)(H,36,42)(H,38,43);1-2,4-5,10H,3,6H2,(H,11,12). The number of carbonyl (C=O) groups is 2. The highest BCUT2D eigenvalue weighted by Gasteiger charge is 2.20. The van der Waals surface area contributed by atoms with Crippen LogP contribution in [-0.4, -0.2) is 72.9 Å². The zero-order valence-electron chi connectivity index (χ0n) is 32.1. The molecule has 1 saturated heterocycles. The first-order valence-electron chi connectivity index (χ1n) is 19.4. The number of imidazole rings is 1. The Kier molecular flexibility index (Phi) is 15.3.